The number of rotatable bonds is 13. The number of hydrogen-bond acceptors (Lipinski definition) is 4. The molecule has 0 aliphatic carbocycles. The normalized spacial score (nSPS) is 11.1. The Kier molecular flexibility index (Phi) is 12.8. The van der Waals surface area contributed by atoms with Crippen LogP contribution in [-0.2, 0) is 16.5 Å². The maximum atomic E-state index is 11.7. The zero-order valence-corrected chi connectivity index (χ0v) is 20.5. The van der Waals surface area contributed by atoms with Crippen LogP contribution in [0.2, 0.25) is 0 Å². The fraction of sp³-hybridized carbons (Fsp3) is 0.478. The standard InChI is InChI=1S/C23H32O4S.Na/c1-2-3-4-5-6-7-8-9-11-15-20-16-14-19-22(28(24,25)26)23(20)27-21-17-12-10-13-18-21;/h10,12-14,16-19H,2-9,11,15H2,1H3,(H,24,25,26);/q;+1/p-1. The number of ether oxygens (including phenoxy) is 1. The van der Waals surface area contributed by atoms with Gasteiger partial charge in [0.1, 0.15) is 21.6 Å². The van der Waals surface area contributed by atoms with Gasteiger partial charge in [-0.2, -0.15) is 0 Å². The molecule has 0 aliphatic rings. The van der Waals surface area contributed by atoms with Crippen LogP contribution in [0, 0.1) is 0 Å². The van der Waals surface area contributed by atoms with E-state index in [-0.39, 0.29) is 40.2 Å². The van der Waals surface area contributed by atoms with E-state index in [0.717, 1.165) is 18.4 Å². The minimum atomic E-state index is -4.60. The molecule has 0 saturated heterocycles. The van der Waals surface area contributed by atoms with E-state index in [1.54, 1.807) is 18.2 Å². The second-order valence-corrected chi connectivity index (χ2v) is 8.54. The van der Waals surface area contributed by atoms with Gasteiger partial charge in [-0.05, 0) is 36.6 Å². The van der Waals surface area contributed by atoms with Gasteiger partial charge in [0.25, 0.3) is 0 Å². The third-order valence-corrected chi connectivity index (χ3v) is 5.70. The van der Waals surface area contributed by atoms with Crippen molar-refractivity contribution in [2.75, 3.05) is 0 Å². The van der Waals surface area contributed by atoms with Crippen molar-refractivity contribution >= 4 is 10.1 Å². The molecule has 0 atom stereocenters. The SMILES string of the molecule is CCCCCCCCCCCc1cccc(S(=O)(=O)[O-])c1Oc1ccccc1.[Na+]. The Balaban J connectivity index is 0.00000420. The molecular weight excluding hydrogens is 395 g/mol. The Morgan fingerprint density at radius 3 is 1.97 bits per heavy atom. The van der Waals surface area contributed by atoms with Crippen molar-refractivity contribution in [3.8, 4) is 11.5 Å². The maximum absolute atomic E-state index is 11.7. The Morgan fingerprint density at radius 1 is 0.793 bits per heavy atom. The first-order valence-electron chi connectivity index (χ1n) is 10.3. The summed E-state index contributed by atoms with van der Waals surface area (Å²) in [5.74, 6) is 0.690. The second kappa shape index (κ2) is 14.2. The summed E-state index contributed by atoms with van der Waals surface area (Å²) < 4.78 is 40.9. The molecule has 0 saturated carbocycles. The molecule has 0 heterocycles. The molecule has 0 amide bonds. The van der Waals surface area contributed by atoms with Crippen LogP contribution in [0.4, 0.5) is 0 Å². The van der Waals surface area contributed by atoms with Crippen molar-refractivity contribution in [1.29, 1.82) is 0 Å². The van der Waals surface area contributed by atoms with E-state index in [1.165, 1.54) is 51.0 Å². The van der Waals surface area contributed by atoms with Crippen molar-refractivity contribution in [3.05, 3.63) is 54.1 Å². The van der Waals surface area contributed by atoms with Gasteiger partial charge in [0.15, 0.2) is 0 Å². The first-order chi connectivity index (χ1) is 13.5. The van der Waals surface area contributed by atoms with Crippen molar-refractivity contribution < 1.29 is 47.3 Å². The van der Waals surface area contributed by atoms with Gasteiger partial charge in [0, 0.05) is 0 Å². The Labute approximate surface area is 198 Å². The number of unbranched alkanes of at least 4 members (excludes halogenated alkanes) is 8. The summed E-state index contributed by atoms with van der Waals surface area (Å²) in [4.78, 5) is -0.287. The second-order valence-electron chi connectivity index (χ2n) is 7.19. The molecule has 29 heavy (non-hydrogen) atoms. The molecule has 0 fully saturated rings. The summed E-state index contributed by atoms with van der Waals surface area (Å²) in [5, 5.41) is 0. The largest absolute Gasteiger partial charge is 1.00 e. The average Bonchev–Trinajstić information content (AvgIpc) is 2.67. The zero-order chi connectivity index (χ0) is 20.2. The van der Waals surface area contributed by atoms with Gasteiger partial charge in [0.2, 0.25) is 0 Å². The van der Waals surface area contributed by atoms with Gasteiger partial charge < -0.3 is 9.29 Å². The van der Waals surface area contributed by atoms with Crippen molar-refractivity contribution in [2.45, 2.75) is 76.0 Å². The molecular formula is C23H31NaO4S. The predicted octanol–water partition coefficient (Wildman–Crippen LogP) is 3.46. The van der Waals surface area contributed by atoms with Gasteiger partial charge in [0.05, 0.1) is 4.90 Å². The molecule has 2 aromatic carbocycles. The maximum Gasteiger partial charge on any atom is 1.00 e. The van der Waals surface area contributed by atoms with Crippen LogP contribution in [0.25, 0.3) is 0 Å². The molecule has 154 valence electrons. The quantitative estimate of drug-likeness (QED) is 0.279. The molecule has 0 aromatic heterocycles. The summed E-state index contributed by atoms with van der Waals surface area (Å²) >= 11 is 0. The van der Waals surface area contributed by atoms with E-state index in [9.17, 15) is 13.0 Å². The van der Waals surface area contributed by atoms with Crippen molar-refractivity contribution in [1.82, 2.24) is 0 Å². The Hall–Kier alpha value is -0.850. The van der Waals surface area contributed by atoms with Gasteiger partial charge in [-0.15, -0.1) is 0 Å². The monoisotopic (exact) mass is 426 g/mol. The predicted molar refractivity (Wildman–Crippen MR) is 112 cm³/mol. The van der Waals surface area contributed by atoms with Gasteiger partial charge in [-0.3, -0.25) is 0 Å². The van der Waals surface area contributed by atoms with Gasteiger partial charge in [-0.25, -0.2) is 8.42 Å². The molecule has 0 unspecified atom stereocenters. The topological polar surface area (TPSA) is 66.4 Å². The number of benzene rings is 2. The minimum Gasteiger partial charge on any atom is -0.744 e. The number of para-hydroxylation sites is 2. The van der Waals surface area contributed by atoms with Crippen LogP contribution in [-0.4, -0.2) is 13.0 Å². The summed E-state index contributed by atoms with van der Waals surface area (Å²) in [7, 11) is -4.60. The van der Waals surface area contributed by atoms with E-state index >= 15 is 0 Å². The van der Waals surface area contributed by atoms with Gasteiger partial charge >= 0.3 is 29.6 Å². The average molecular weight is 427 g/mol. The molecule has 0 bridgehead atoms. The summed E-state index contributed by atoms with van der Waals surface area (Å²) in [5.41, 5.74) is 0.767. The number of aryl methyl sites for hydroxylation is 1. The van der Waals surface area contributed by atoms with E-state index in [0.29, 0.717) is 12.2 Å². The van der Waals surface area contributed by atoms with Crippen molar-refractivity contribution in [3.63, 3.8) is 0 Å². The molecule has 0 aliphatic heterocycles. The zero-order valence-electron chi connectivity index (χ0n) is 17.7. The van der Waals surface area contributed by atoms with Crippen molar-refractivity contribution in [2.24, 2.45) is 0 Å². The summed E-state index contributed by atoms with van der Waals surface area (Å²) in [6, 6.07) is 13.7. The molecule has 0 spiro atoms. The summed E-state index contributed by atoms with van der Waals surface area (Å²) in [6.07, 6.45) is 11.7. The molecule has 2 rings (SSSR count). The van der Waals surface area contributed by atoms with Crippen LogP contribution in [0.1, 0.15) is 70.3 Å². The van der Waals surface area contributed by atoms with Crippen LogP contribution in [0.5, 0.6) is 11.5 Å². The van der Waals surface area contributed by atoms with Crippen LogP contribution in [0.3, 0.4) is 0 Å². The molecule has 4 nitrogen and oxygen atoms in total. The fourth-order valence-electron chi connectivity index (χ4n) is 3.30. The fourth-order valence-corrected chi connectivity index (χ4v) is 3.95. The van der Waals surface area contributed by atoms with E-state index in [4.69, 9.17) is 4.74 Å². The third-order valence-electron chi connectivity index (χ3n) is 4.84. The van der Waals surface area contributed by atoms with E-state index < -0.39 is 10.1 Å². The van der Waals surface area contributed by atoms with E-state index in [2.05, 4.69) is 6.92 Å². The number of hydrogen-bond donors (Lipinski definition) is 0. The first-order valence-corrected chi connectivity index (χ1v) is 11.7. The molecule has 0 N–H and O–H groups in total. The van der Waals surface area contributed by atoms with Gasteiger partial charge in [-0.1, -0.05) is 88.6 Å². The Morgan fingerprint density at radius 2 is 1.38 bits per heavy atom. The first kappa shape index (κ1) is 26.2. The van der Waals surface area contributed by atoms with Crippen LogP contribution >= 0.6 is 0 Å². The smallest absolute Gasteiger partial charge is 0.744 e. The third kappa shape index (κ3) is 9.67. The Bertz CT molecular complexity index is 807. The molecule has 0 radical (unpaired) electrons. The van der Waals surface area contributed by atoms with E-state index in [1.807, 2.05) is 24.3 Å². The molecule has 6 heteroatoms. The minimum absolute atomic E-state index is 0. The summed E-state index contributed by atoms with van der Waals surface area (Å²) in [6.45, 7) is 2.23. The van der Waals surface area contributed by atoms with Crippen LogP contribution < -0.4 is 34.3 Å². The van der Waals surface area contributed by atoms with Crippen LogP contribution in [0.15, 0.2) is 53.4 Å². The molecule has 2 aromatic rings.